The van der Waals surface area contributed by atoms with E-state index in [0.29, 0.717) is 5.56 Å². The van der Waals surface area contributed by atoms with Gasteiger partial charge in [0.25, 0.3) is 0 Å². The predicted molar refractivity (Wildman–Crippen MR) is 102 cm³/mol. The molecule has 0 radical (unpaired) electrons. The number of benzene rings is 2. The van der Waals surface area contributed by atoms with Crippen molar-refractivity contribution in [3.8, 4) is 11.5 Å². The van der Waals surface area contributed by atoms with E-state index in [-0.39, 0.29) is 29.3 Å². The number of halogens is 2. The van der Waals surface area contributed by atoms with E-state index in [1.165, 1.54) is 54.9 Å². The van der Waals surface area contributed by atoms with Crippen LogP contribution in [0.25, 0.3) is 0 Å². The molecule has 0 aliphatic rings. The molecular weight excluding hydrogens is 382 g/mol. The molecule has 3 amide bonds. The summed E-state index contributed by atoms with van der Waals surface area (Å²) in [6.07, 6.45) is 2.71. The van der Waals surface area contributed by atoms with E-state index in [4.69, 9.17) is 10.5 Å². The van der Waals surface area contributed by atoms with Gasteiger partial charge in [0.1, 0.15) is 5.82 Å². The van der Waals surface area contributed by atoms with Crippen molar-refractivity contribution < 1.29 is 23.1 Å². The number of nitrogens with one attached hydrogen (secondary N) is 2. The summed E-state index contributed by atoms with van der Waals surface area (Å²) in [5.74, 6) is -1.61. The largest absolute Gasteiger partial charge is 0.452 e. The van der Waals surface area contributed by atoms with Gasteiger partial charge in [-0.15, -0.1) is 0 Å². The third kappa shape index (κ3) is 5.48. The molecule has 0 saturated carbocycles. The number of nitrogens with two attached hydrogens (primary N) is 1. The van der Waals surface area contributed by atoms with Crippen LogP contribution in [0.4, 0.5) is 25.0 Å². The number of hydrogen-bond acceptors (Lipinski definition) is 5. The number of aromatic nitrogens is 1. The highest BCUT2D eigenvalue weighted by Crippen LogP contribution is 2.29. The van der Waals surface area contributed by atoms with E-state index in [0.717, 1.165) is 6.07 Å². The van der Waals surface area contributed by atoms with Gasteiger partial charge < -0.3 is 15.8 Å². The van der Waals surface area contributed by atoms with Crippen LogP contribution in [0.5, 0.6) is 11.5 Å². The molecule has 0 aliphatic heterocycles. The molecule has 3 rings (SSSR count). The molecule has 7 nitrogen and oxygen atoms in total. The van der Waals surface area contributed by atoms with Gasteiger partial charge in [0.2, 0.25) is 5.91 Å². The number of hydrogen-bond donors (Lipinski definition) is 3. The quantitative estimate of drug-likeness (QED) is 0.609. The third-order valence-corrected chi connectivity index (χ3v) is 3.75. The van der Waals surface area contributed by atoms with Crippen molar-refractivity contribution in [1.29, 1.82) is 0 Å². The highest BCUT2D eigenvalue weighted by atomic mass is 19.1. The van der Waals surface area contributed by atoms with Crippen molar-refractivity contribution in [2.45, 2.75) is 6.42 Å². The highest BCUT2D eigenvalue weighted by molar-refractivity contribution is 6.01. The summed E-state index contributed by atoms with van der Waals surface area (Å²) >= 11 is 0. The van der Waals surface area contributed by atoms with Crippen LogP contribution in [0.3, 0.4) is 0 Å². The number of urea groups is 1. The number of rotatable bonds is 5. The van der Waals surface area contributed by atoms with Crippen LogP contribution in [-0.2, 0) is 11.2 Å². The zero-order valence-corrected chi connectivity index (χ0v) is 15.0. The van der Waals surface area contributed by atoms with Gasteiger partial charge in [-0.1, -0.05) is 12.1 Å². The minimum absolute atomic E-state index is 0.0961. The molecule has 0 atom stereocenters. The predicted octanol–water partition coefficient (Wildman–Crippen LogP) is 3.63. The maximum atomic E-state index is 14.2. The van der Waals surface area contributed by atoms with Gasteiger partial charge in [0.05, 0.1) is 18.3 Å². The molecule has 1 aromatic heterocycles. The lowest BCUT2D eigenvalue weighted by Gasteiger charge is -2.11. The van der Waals surface area contributed by atoms with Crippen LogP contribution in [0.15, 0.2) is 60.9 Å². The summed E-state index contributed by atoms with van der Waals surface area (Å²) in [6, 6.07) is 9.72. The monoisotopic (exact) mass is 398 g/mol. The molecule has 0 fully saturated rings. The second kappa shape index (κ2) is 8.79. The Morgan fingerprint density at radius 2 is 1.79 bits per heavy atom. The lowest BCUT2D eigenvalue weighted by molar-refractivity contribution is -0.119. The molecule has 0 spiro atoms. The first-order valence-corrected chi connectivity index (χ1v) is 8.43. The lowest BCUT2D eigenvalue weighted by atomic mass is 10.1. The molecule has 29 heavy (non-hydrogen) atoms. The van der Waals surface area contributed by atoms with Gasteiger partial charge >= 0.3 is 6.03 Å². The zero-order chi connectivity index (χ0) is 20.8. The van der Waals surface area contributed by atoms with Gasteiger partial charge in [0.15, 0.2) is 17.3 Å². The molecule has 148 valence electrons. The normalized spacial score (nSPS) is 10.3. The topological polar surface area (TPSA) is 106 Å². The van der Waals surface area contributed by atoms with Crippen molar-refractivity contribution in [1.82, 2.24) is 10.3 Å². The summed E-state index contributed by atoms with van der Waals surface area (Å²) in [4.78, 5) is 27.6. The lowest BCUT2D eigenvalue weighted by Crippen LogP contribution is -2.35. The minimum Gasteiger partial charge on any atom is -0.452 e. The number of nitrogens with zero attached hydrogens (tertiary/aromatic N) is 1. The van der Waals surface area contributed by atoms with Crippen LogP contribution in [-0.4, -0.2) is 16.9 Å². The van der Waals surface area contributed by atoms with Crippen molar-refractivity contribution in [3.05, 3.63) is 78.1 Å². The molecule has 0 unspecified atom stereocenters. The molecule has 4 N–H and O–H groups in total. The Balaban J connectivity index is 1.57. The fourth-order valence-electron chi connectivity index (χ4n) is 2.39. The number of imide groups is 1. The van der Waals surface area contributed by atoms with E-state index >= 15 is 0 Å². The van der Waals surface area contributed by atoms with E-state index in [9.17, 15) is 18.4 Å². The fraction of sp³-hybridized carbons (Fsp3) is 0.0500. The maximum Gasteiger partial charge on any atom is 0.325 e. The Labute approximate surface area is 164 Å². The van der Waals surface area contributed by atoms with Crippen LogP contribution in [0.1, 0.15) is 5.56 Å². The van der Waals surface area contributed by atoms with Crippen molar-refractivity contribution in [2.75, 3.05) is 11.1 Å². The summed E-state index contributed by atoms with van der Waals surface area (Å²) in [5.41, 5.74) is 6.60. The summed E-state index contributed by atoms with van der Waals surface area (Å²) < 4.78 is 32.5. The molecule has 0 bridgehead atoms. The average Bonchev–Trinajstić information content (AvgIpc) is 2.67. The average molecular weight is 398 g/mol. The standard InChI is InChI=1S/C20H16F2N4O3/c21-13-3-1-12(2-4-13)9-19(27)26-20(28)25-14-5-6-17(15(22)10-14)29-18-7-8-24-11-16(18)23/h1-8,10-11H,9,23H2,(H2,25,26,27,28). The SMILES string of the molecule is Nc1cnccc1Oc1ccc(NC(=O)NC(=O)Cc2ccc(F)cc2)cc1F. The Morgan fingerprint density at radius 1 is 1.03 bits per heavy atom. The number of amides is 3. The molecule has 1 heterocycles. The van der Waals surface area contributed by atoms with Crippen LogP contribution in [0.2, 0.25) is 0 Å². The number of carbonyl (C=O) groups excluding carboxylic acids is 2. The second-order valence-corrected chi connectivity index (χ2v) is 5.97. The first-order chi connectivity index (χ1) is 13.9. The second-order valence-electron chi connectivity index (χ2n) is 5.97. The van der Waals surface area contributed by atoms with Gasteiger partial charge in [-0.25, -0.2) is 13.6 Å². The first kappa shape index (κ1) is 19.7. The van der Waals surface area contributed by atoms with Gasteiger partial charge in [0, 0.05) is 24.0 Å². The molecular formula is C20H16F2N4O3. The van der Waals surface area contributed by atoms with E-state index in [1.54, 1.807) is 0 Å². The number of pyridine rings is 1. The Kier molecular flexibility index (Phi) is 5.98. The van der Waals surface area contributed by atoms with Gasteiger partial charge in [-0.2, -0.15) is 0 Å². The smallest absolute Gasteiger partial charge is 0.325 e. The van der Waals surface area contributed by atoms with Crippen molar-refractivity contribution >= 4 is 23.3 Å². The molecule has 0 aliphatic carbocycles. The Morgan fingerprint density at radius 3 is 2.48 bits per heavy atom. The van der Waals surface area contributed by atoms with E-state index in [2.05, 4.69) is 15.6 Å². The molecule has 0 saturated heterocycles. The highest BCUT2D eigenvalue weighted by Gasteiger charge is 2.12. The van der Waals surface area contributed by atoms with E-state index < -0.39 is 23.6 Å². The number of nitrogen functional groups attached to an aromatic ring is 1. The number of anilines is 2. The molecule has 2 aromatic carbocycles. The Bertz CT molecular complexity index is 1040. The van der Waals surface area contributed by atoms with Crippen LogP contribution in [0, 0.1) is 11.6 Å². The summed E-state index contributed by atoms with van der Waals surface area (Å²) in [7, 11) is 0. The number of carbonyl (C=O) groups is 2. The maximum absolute atomic E-state index is 14.2. The zero-order valence-electron chi connectivity index (χ0n) is 15.0. The van der Waals surface area contributed by atoms with Crippen molar-refractivity contribution in [3.63, 3.8) is 0 Å². The van der Waals surface area contributed by atoms with E-state index in [1.807, 2.05) is 0 Å². The van der Waals surface area contributed by atoms with Crippen LogP contribution < -0.4 is 21.1 Å². The Hall–Kier alpha value is -4.01. The first-order valence-electron chi connectivity index (χ1n) is 8.43. The fourth-order valence-corrected chi connectivity index (χ4v) is 2.39. The molecule has 3 aromatic rings. The van der Waals surface area contributed by atoms with Crippen LogP contribution >= 0.6 is 0 Å². The van der Waals surface area contributed by atoms with Crippen molar-refractivity contribution in [2.24, 2.45) is 0 Å². The van der Waals surface area contributed by atoms with Gasteiger partial charge in [-0.3, -0.25) is 15.1 Å². The number of ether oxygens (including phenoxy) is 1. The summed E-state index contributed by atoms with van der Waals surface area (Å²) in [5, 5.41) is 4.46. The third-order valence-electron chi connectivity index (χ3n) is 3.75. The molecule has 9 heteroatoms. The summed E-state index contributed by atoms with van der Waals surface area (Å²) in [6.45, 7) is 0. The minimum atomic E-state index is -0.830. The van der Waals surface area contributed by atoms with Gasteiger partial charge in [-0.05, 0) is 29.8 Å².